The molecule has 7 nitrogen and oxygen atoms in total. The zero-order valence-electron chi connectivity index (χ0n) is 20.9. The average molecular weight is 527 g/mol. The van der Waals surface area contributed by atoms with Gasteiger partial charge in [-0.05, 0) is 36.6 Å². The maximum absolute atomic E-state index is 13.6. The van der Waals surface area contributed by atoms with Crippen LogP contribution in [0.25, 0.3) is 22.2 Å². The van der Waals surface area contributed by atoms with Crippen LogP contribution in [0.2, 0.25) is 0 Å². The highest BCUT2D eigenvalue weighted by Gasteiger charge is 2.35. The van der Waals surface area contributed by atoms with Crippen LogP contribution in [0.15, 0.2) is 54.7 Å². The first kappa shape index (κ1) is 25.6. The maximum atomic E-state index is 13.6. The van der Waals surface area contributed by atoms with Crippen LogP contribution in [-0.2, 0) is 24.6 Å². The number of hydrogen-bond donors (Lipinski definition) is 0. The first-order valence-electron chi connectivity index (χ1n) is 12.2. The summed E-state index contributed by atoms with van der Waals surface area (Å²) in [5.41, 5.74) is 0.382. The molecule has 4 aromatic rings. The third-order valence-corrected chi connectivity index (χ3v) is 7.06. The number of halogens is 4. The highest BCUT2D eigenvalue weighted by molar-refractivity contribution is 5.99. The molecule has 1 saturated heterocycles. The number of hydrogen-bond acceptors (Lipinski definition) is 5. The largest absolute Gasteiger partial charge is 0.416 e. The van der Waals surface area contributed by atoms with Crippen LogP contribution < -0.4 is 4.90 Å². The first-order chi connectivity index (χ1) is 18.1. The van der Waals surface area contributed by atoms with Crippen molar-refractivity contribution in [2.75, 3.05) is 18.0 Å². The number of aryl methyl sites for hydroxylation is 1. The highest BCUT2D eigenvalue weighted by Crippen LogP contribution is 2.35. The Morgan fingerprint density at radius 3 is 2.39 bits per heavy atom. The number of anilines is 1. The van der Waals surface area contributed by atoms with E-state index in [4.69, 9.17) is 0 Å². The number of carbonyl (C=O) groups is 1. The molecule has 2 aromatic carbocycles. The van der Waals surface area contributed by atoms with E-state index in [1.807, 2.05) is 37.4 Å². The van der Waals surface area contributed by atoms with Gasteiger partial charge in [-0.15, -0.1) is 10.2 Å². The quantitative estimate of drug-likeness (QED) is 0.334. The van der Waals surface area contributed by atoms with Crippen molar-refractivity contribution >= 4 is 22.5 Å². The third-order valence-electron chi connectivity index (χ3n) is 7.06. The second-order valence-corrected chi connectivity index (χ2v) is 9.42. The molecule has 0 unspecified atom stereocenters. The summed E-state index contributed by atoms with van der Waals surface area (Å²) in [5.74, 6) is -0.574. The van der Waals surface area contributed by atoms with E-state index in [1.165, 1.54) is 11.8 Å². The molecule has 0 saturated carbocycles. The van der Waals surface area contributed by atoms with Gasteiger partial charge in [0.2, 0.25) is 5.91 Å². The minimum absolute atomic E-state index is 0.126. The average Bonchev–Trinajstić information content (AvgIpc) is 3.32. The van der Waals surface area contributed by atoms with E-state index in [-0.39, 0.29) is 24.1 Å². The zero-order chi connectivity index (χ0) is 27.0. The summed E-state index contributed by atoms with van der Waals surface area (Å²) in [6.45, 7) is 2.21. The van der Waals surface area contributed by atoms with Crippen molar-refractivity contribution in [3.05, 3.63) is 71.7 Å². The Morgan fingerprint density at radius 2 is 1.76 bits per heavy atom. The van der Waals surface area contributed by atoms with Crippen molar-refractivity contribution in [2.45, 2.75) is 38.5 Å². The standard InChI is InChI=1S/C27H26F4N6O/c1-17(38)37(16-18-7-8-19(28)15-23(18)27(29,30)31)20-10-13-36(14-11-20)26-22-6-4-3-5-21(22)25(33-34-26)24-9-12-32-35(24)2/h3-9,12,15,20H,10-11,13-14,16H2,1-2H3. The van der Waals surface area contributed by atoms with Crippen LogP contribution in [0, 0.1) is 5.82 Å². The van der Waals surface area contributed by atoms with Gasteiger partial charge in [0.05, 0.1) is 11.3 Å². The summed E-state index contributed by atoms with van der Waals surface area (Å²) >= 11 is 0. The van der Waals surface area contributed by atoms with E-state index >= 15 is 0 Å². The highest BCUT2D eigenvalue weighted by atomic mass is 19.4. The van der Waals surface area contributed by atoms with Gasteiger partial charge >= 0.3 is 6.18 Å². The molecule has 198 valence electrons. The van der Waals surface area contributed by atoms with Crippen LogP contribution >= 0.6 is 0 Å². The lowest BCUT2D eigenvalue weighted by atomic mass is 9.99. The molecule has 0 atom stereocenters. The Balaban J connectivity index is 1.37. The Bertz CT molecular complexity index is 1480. The molecule has 0 aliphatic carbocycles. The van der Waals surface area contributed by atoms with Gasteiger partial charge in [0.1, 0.15) is 11.5 Å². The lowest BCUT2D eigenvalue weighted by Crippen LogP contribution is -2.47. The number of aromatic nitrogens is 4. The number of amides is 1. The van der Waals surface area contributed by atoms with E-state index in [2.05, 4.69) is 20.2 Å². The molecule has 0 spiro atoms. The van der Waals surface area contributed by atoms with Crippen molar-refractivity contribution in [3.63, 3.8) is 0 Å². The molecule has 0 N–H and O–H groups in total. The van der Waals surface area contributed by atoms with E-state index < -0.39 is 17.6 Å². The third kappa shape index (κ3) is 4.92. The van der Waals surface area contributed by atoms with Gasteiger partial charge in [-0.25, -0.2) is 4.39 Å². The molecular weight excluding hydrogens is 500 g/mol. The van der Waals surface area contributed by atoms with Crippen molar-refractivity contribution in [1.29, 1.82) is 0 Å². The van der Waals surface area contributed by atoms with E-state index in [0.717, 1.165) is 40.1 Å². The Labute approximate surface area is 216 Å². The molecule has 1 fully saturated rings. The van der Waals surface area contributed by atoms with Gasteiger partial charge in [-0.2, -0.15) is 18.3 Å². The topological polar surface area (TPSA) is 67.2 Å². The van der Waals surface area contributed by atoms with Crippen molar-refractivity contribution in [2.24, 2.45) is 7.05 Å². The molecule has 5 rings (SSSR count). The number of alkyl halides is 3. The minimum atomic E-state index is -4.72. The summed E-state index contributed by atoms with van der Waals surface area (Å²) in [6.07, 6.45) is -1.93. The molecule has 3 heterocycles. The summed E-state index contributed by atoms with van der Waals surface area (Å²) in [5, 5.41) is 15.1. The molecule has 0 bridgehead atoms. The predicted molar refractivity (Wildman–Crippen MR) is 135 cm³/mol. The van der Waals surface area contributed by atoms with Crippen molar-refractivity contribution < 1.29 is 22.4 Å². The lowest BCUT2D eigenvalue weighted by Gasteiger charge is -2.39. The fourth-order valence-corrected chi connectivity index (χ4v) is 5.14. The fourth-order valence-electron chi connectivity index (χ4n) is 5.14. The monoisotopic (exact) mass is 526 g/mol. The summed E-state index contributed by atoms with van der Waals surface area (Å²) in [6, 6.07) is 12.0. The van der Waals surface area contributed by atoms with Gasteiger partial charge in [0.15, 0.2) is 5.82 Å². The summed E-state index contributed by atoms with van der Waals surface area (Å²) < 4.78 is 55.9. The van der Waals surface area contributed by atoms with Crippen LogP contribution in [0.5, 0.6) is 0 Å². The number of fused-ring (bicyclic) bond motifs is 1. The molecule has 11 heteroatoms. The Kier molecular flexibility index (Phi) is 6.77. The maximum Gasteiger partial charge on any atom is 0.416 e. The van der Waals surface area contributed by atoms with Gasteiger partial charge in [-0.3, -0.25) is 9.48 Å². The fraction of sp³-hybridized carbons (Fsp3) is 0.333. The first-order valence-corrected chi connectivity index (χ1v) is 12.2. The van der Waals surface area contributed by atoms with Gasteiger partial charge in [0.25, 0.3) is 0 Å². The predicted octanol–water partition coefficient (Wildman–Crippen LogP) is 5.21. The van der Waals surface area contributed by atoms with Crippen molar-refractivity contribution in [3.8, 4) is 11.4 Å². The summed E-state index contributed by atoms with van der Waals surface area (Å²) in [7, 11) is 1.84. The van der Waals surface area contributed by atoms with E-state index in [0.29, 0.717) is 32.0 Å². The SMILES string of the molecule is CC(=O)N(Cc1ccc(F)cc1C(F)(F)F)C1CCN(c2nnc(-c3ccnn3C)c3ccccc23)CC1. The van der Waals surface area contributed by atoms with Crippen LogP contribution in [-0.4, -0.2) is 49.9 Å². The van der Waals surface area contributed by atoms with Gasteiger partial charge in [0, 0.05) is 56.6 Å². The number of nitrogens with zero attached hydrogens (tertiary/aromatic N) is 6. The van der Waals surface area contributed by atoms with Gasteiger partial charge in [-0.1, -0.05) is 30.3 Å². The van der Waals surface area contributed by atoms with Crippen LogP contribution in [0.3, 0.4) is 0 Å². The van der Waals surface area contributed by atoms with Crippen LogP contribution in [0.1, 0.15) is 30.9 Å². The molecule has 38 heavy (non-hydrogen) atoms. The normalized spacial score (nSPS) is 14.7. The molecule has 1 aliphatic rings. The number of piperidine rings is 1. The number of carbonyl (C=O) groups excluding carboxylic acids is 1. The second kappa shape index (κ2) is 10.0. The minimum Gasteiger partial charge on any atom is -0.354 e. The molecule has 1 amide bonds. The molecule has 0 radical (unpaired) electrons. The van der Waals surface area contributed by atoms with Crippen LogP contribution in [0.4, 0.5) is 23.4 Å². The Hall–Kier alpha value is -4.02. The second-order valence-electron chi connectivity index (χ2n) is 9.42. The summed E-state index contributed by atoms with van der Waals surface area (Å²) in [4.78, 5) is 16.1. The van der Waals surface area contributed by atoms with Crippen molar-refractivity contribution in [1.82, 2.24) is 24.9 Å². The number of benzene rings is 2. The number of rotatable bonds is 5. The lowest BCUT2D eigenvalue weighted by molar-refractivity contribution is -0.140. The van der Waals surface area contributed by atoms with Gasteiger partial charge < -0.3 is 9.80 Å². The molecule has 1 aliphatic heterocycles. The van der Waals surface area contributed by atoms with E-state index in [9.17, 15) is 22.4 Å². The van der Waals surface area contributed by atoms with E-state index in [1.54, 1.807) is 10.9 Å². The zero-order valence-corrected chi connectivity index (χ0v) is 20.9. The smallest absolute Gasteiger partial charge is 0.354 e. The molecular formula is C27H26F4N6O. The molecule has 2 aromatic heterocycles. The Morgan fingerprint density at radius 1 is 1.05 bits per heavy atom.